The molecule has 4 nitrogen and oxygen atoms in total. The molecule has 13 heavy (non-hydrogen) atoms. The van der Waals surface area contributed by atoms with Gasteiger partial charge < -0.3 is 5.73 Å². The number of nitrogens with zero attached hydrogens (tertiary/aromatic N) is 3. The molecule has 2 N–H and O–H groups in total. The smallest absolute Gasteiger partial charge is 0.0514 e. The van der Waals surface area contributed by atoms with E-state index in [-0.39, 0.29) is 12.4 Å². The molecule has 0 amide bonds. The second kappa shape index (κ2) is 6.31. The highest BCUT2D eigenvalue weighted by Crippen LogP contribution is 2.08. The molecule has 0 aliphatic carbocycles. The minimum atomic E-state index is 0. The van der Waals surface area contributed by atoms with Crippen LogP contribution in [0, 0.1) is 0 Å². The Morgan fingerprint density at radius 3 is 2.46 bits per heavy atom. The monoisotopic (exact) mass is 198 g/mol. The van der Waals surface area contributed by atoms with Crippen LogP contribution < -0.4 is 5.73 Å². The van der Waals surface area contributed by atoms with Crippen LogP contribution in [-0.2, 0) is 13.1 Å². The minimum absolute atomic E-state index is 0. The summed E-state index contributed by atoms with van der Waals surface area (Å²) < 4.78 is 0. The van der Waals surface area contributed by atoms with Gasteiger partial charge in [-0.05, 0) is 16.7 Å². The first kappa shape index (κ1) is 11.8. The van der Waals surface area contributed by atoms with Crippen molar-refractivity contribution >= 4 is 12.4 Å². The summed E-state index contributed by atoms with van der Waals surface area (Å²) in [6.45, 7) is 0.862. The zero-order valence-electron chi connectivity index (χ0n) is 7.05. The van der Waals surface area contributed by atoms with Gasteiger partial charge in [0.2, 0.25) is 0 Å². The highest BCUT2D eigenvalue weighted by Gasteiger charge is 1.96. The molecular formula is C8H11ClN4. The lowest BCUT2D eigenvalue weighted by atomic mass is 10.1. The van der Waals surface area contributed by atoms with E-state index in [0.717, 1.165) is 11.1 Å². The van der Waals surface area contributed by atoms with Crippen LogP contribution in [0.4, 0.5) is 0 Å². The predicted octanol–water partition coefficient (Wildman–Crippen LogP) is 2.38. The van der Waals surface area contributed by atoms with Crippen molar-refractivity contribution in [3.8, 4) is 0 Å². The Morgan fingerprint density at radius 1 is 1.31 bits per heavy atom. The number of rotatable bonds is 3. The van der Waals surface area contributed by atoms with Gasteiger partial charge in [0.15, 0.2) is 0 Å². The summed E-state index contributed by atoms with van der Waals surface area (Å²) >= 11 is 0. The SMILES string of the molecule is Cl.[N-]=[N+]=NCc1ccccc1CN. The second-order valence-electron chi connectivity index (χ2n) is 2.36. The van der Waals surface area contributed by atoms with Gasteiger partial charge in [0.25, 0.3) is 0 Å². The van der Waals surface area contributed by atoms with Crippen molar-refractivity contribution < 1.29 is 0 Å². The largest absolute Gasteiger partial charge is 0.326 e. The van der Waals surface area contributed by atoms with Crippen LogP contribution in [0.5, 0.6) is 0 Å². The quantitative estimate of drug-likeness (QED) is 0.452. The third-order valence-corrected chi connectivity index (χ3v) is 1.64. The lowest BCUT2D eigenvalue weighted by Crippen LogP contribution is -2.00. The van der Waals surface area contributed by atoms with Crippen LogP contribution in [0.1, 0.15) is 11.1 Å². The number of hydrogen-bond acceptors (Lipinski definition) is 2. The van der Waals surface area contributed by atoms with E-state index in [1.807, 2.05) is 24.3 Å². The van der Waals surface area contributed by atoms with Gasteiger partial charge in [-0.1, -0.05) is 29.4 Å². The Kier molecular flexibility index (Phi) is 5.72. The first-order valence-electron chi connectivity index (χ1n) is 3.66. The van der Waals surface area contributed by atoms with E-state index in [4.69, 9.17) is 11.3 Å². The molecule has 0 aliphatic heterocycles. The van der Waals surface area contributed by atoms with Crippen LogP contribution in [0.2, 0.25) is 0 Å². The predicted molar refractivity (Wildman–Crippen MR) is 54.4 cm³/mol. The van der Waals surface area contributed by atoms with Gasteiger partial charge in [-0.15, -0.1) is 12.4 Å². The molecule has 5 heteroatoms. The zero-order valence-corrected chi connectivity index (χ0v) is 7.87. The van der Waals surface area contributed by atoms with Crippen LogP contribution in [-0.4, -0.2) is 0 Å². The van der Waals surface area contributed by atoms with Gasteiger partial charge in [-0.2, -0.15) is 0 Å². The van der Waals surface area contributed by atoms with E-state index in [0.29, 0.717) is 13.1 Å². The van der Waals surface area contributed by atoms with E-state index >= 15 is 0 Å². The Morgan fingerprint density at radius 2 is 1.92 bits per heavy atom. The Balaban J connectivity index is 0.00000144. The highest BCUT2D eigenvalue weighted by atomic mass is 35.5. The van der Waals surface area contributed by atoms with Gasteiger partial charge >= 0.3 is 0 Å². The maximum Gasteiger partial charge on any atom is 0.0514 e. The maximum atomic E-state index is 8.12. The fourth-order valence-corrected chi connectivity index (χ4v) is 1.02. The lowest BCUT2D eigenvalue weighted by Gasteiger charge is -2.02. The van der Waals surface area contributed by atoms with Crippen molar-refractivity contribution in [1.29, 1.82) is 0 Å². The molecule has 0 saturated heterocycles. The van der Waals surface area contributed by atoms with Crippen LogP contribution >= 0.6 is 12.4 Å². The summed E-state index contributed by atoms with van der Waals surface area (Å²) in [6, 6.07) is 7.67. The molecule has 0 radical (unpaired) electrons. The maximum absolute atomic E-state index is 8.12. The molecule has 1 aromatic rings. The van der Waals surface area contributed by atoms with Gasteiger partial charge in [0, 0.05) is 11.5 Å². The highest BCUT2D eigenvalue weighted by molar-refractivity contribution is 5.85. The summed E-state index contributed by atoms with van der Waals surface area (Å²) in [6.07, 6.45) is 0. The Labute approximate surface area is 82.8 Å². The number of nitrogens with two attached hydrogens (primary N) is 1. The molecule has 1 aromatic carbocycles. The van der Waals surface area contributed by atoms with Gasteiger partial charge in [0.05, 0.1) is 6.54 Å². The molecule has 0 aromatic heterocycles. The van der Waals surface area contributed by atoms with Crippen molar-refractivity contribution in [2.24, 2.45) is 10.8 Å². The van der Waals surface area contributed by atoms with Gasteiger partial charge in [-0.3, -0.25) is 0 Å². The lowest BCUT2D eigenvalue weighted by molar-refractivity contribution is 0.970. The van der Waals surface area contributed by atoms with E-state index in [2.05, 4.69) is 10.0 Å². The summed E-state index contributed by atoms with van der Waals surface area (Å²) in [4.78, 5) is 2.69. The molecule has 0 saturated carbocycles. The molecule has 0 fully saturated rings. The first-order chi connectivity index (χ1) is 5.88. The van der Waals surface area contributed by atoms with E-state index in [9.17, 15) is 0 Å². The van der Waals surface area contributed by atoms with Crippen molar-refractivity contribution in [2.45, 2.75) is 13.1 Å². The molecule has 1 rings (SSSR count). The van der Waals surface area contributed by atoms with Gasteiger partial charge in [-0.25, -0.2) is 0 Å². The summed E-state index contributed by atoms with van der Waals surface area (Å²) in [5.74, 6) is 0. The van der Waals surface area contributed by atoms with Crippen molar-refractivity contribution in [2.75, 3.05) is 0 Å². The Hall–Kier alpha value is -1.22. The summed E-state index contributed by atoms with van der Waals surface area (Å²) in [5, 5.41) is 3.48. The third kappa shape index (κ3) is 3.34. The number of halogens is 1. The number of azide groups is 1. The molecule has 0 aliphatic rings. The van der Waals surface area contributed by atoms with Crippen LogP contribution in [0.15, 0.2) is 29.4 Å². The van der Waals surface area contributed by atoms with Crippen molar-refractivity contribution in [1.82, 2.24) is 0 Å². The van der Waals surface area contributed by atoms with E-state index in [1.165, 1.54) is 0 Å². The van der Waals surface area contributed by atoms with E-state index in [1.54, 1.807) is 0 Å². The number of hydrogen-bond donors (Lipinski definition) is 1. The molecule has 0 bridgehead atoms. The molecule has 0 atom stereocenters. The zero-order chi connectivity index (χ0) is 8.81. The van der Waals surface area contributed by atoms with Crippen molar-refractivity contribution in [3.05, 3.63) is 45.8 Å². The van der Waals surface area contributed by atoms with Crippen LogP contribution in [0.3, 0.4) is 0 Å². The second-order valence-corrected chi connectivity index (χ2v) is 2.36. The molecular weight excluding hydrogens is 188 g/mol. The fraction of sp³-hybridized carbons (Fsp3) is 0.250. The average Bonchev–Trinajstić information content (AvgIpc) is 2.15. The topological polar surface area (TPSA) is 74.8 Å². The summed E-state index contributed by atoms with van der Waals surface area (Å²) in [5.41, 5.74) is 15.6. The standard InChI is InChI=1S/C8H10N4.ClH/c9-5-7-3-1-2-4-8(7)6-11-12-10;/h1-4H,5-6,9H2;1H. The van der Waals surface area contributed by atoms with E-state index < -0.39 is 0 Å². The minimum Gasteiger partial charge on any atom is -0.326 e. The first-order valence-corrected chi connectivity index (χ1v) is 3.66. The molecule has 0 unspecified atom stereocenters. The van der Waals surface area contributed by atoms with Crippen molar-refractivity contribution in [3.63, 3.8) is 0 Å². The molecule has 0 spiro atoms. The summed E-state index contributed by atoms with van der Waals surface area (Å²) in [7, 11) is 0. The fourth-order valence-electron chi connectivity index (χ4n) is 1.02. The normalized spacial score (nSPS) is 8.38. The van der Waals surface area contributed by atoms with Gasteiger partial charge in [0.1, 0.15) is 0 Å². The third-order valence-electron chi connectivity index (χ3n) is 1.64. The average molecular weight is 199 g/mol. The Bertz CT molecular complexity index is 307. The molecule has 0 heterocycles. The number of benzene rings is 1. The van der Waals surface area contributed by atoms with Crippen LogP contribution in [0.25, 0.3) is 10.4 Å². The molecule has 70 valence electrons.